The number of piperidine rings is 1. The lowest BCUT2D eigenvalue weighted by atomic mass is 9.95. The zero-order valence-electron chi connectivity index (χ0n) is 13.9. The van der Waals surface area contributed by atoms with E-state index in [9.17, 15) is 4.79 Å². The molecule has 0 aromatic heterocycles. The van der Waals surface area contributed by atoms with E-state index >= 15 is 0 Å². The second-order valence-electron chi connectivity index (χ2n) is 6.97. The maximum atomic E-state index is 12.2. The Hall–Kier alpha value is -0.610. The minimum Gasteiger partial charge on any atom is -0.343 e. The van der Waals surface area contributed by atoms with Crippen molar-refractivity contribution in [1.29, 1.82) is 0 Å². The van der Waals surface area contributed by atoms with Gasteiger partial charge in [-0.3, -0.25) is 4.79 Å². The predicted molar refractivity (Wildman–Crippen MR) is 84.5 cm³/mol. The van der Waals surface area contributed by atoms with Crippen molar-refractivity contribution < 1.29 is 4.79 Å². The van der Waals surface area contributed by atoms with Gasteiger partial charge in [-0.1, -0.05) is 13.8 Å². The molecule has 1 fully saturated rings. The number of carbonyl (C=O) groups is 1. The highest BCUT2D eigenvalue weighted by atomic mass is 16.2. The summed E-state index contributed by atoms with van der Waals surface area (Å²) < 4.78 is 0. The van der Waals surface area contributed by atoms with E-state index in [4.69, 9.17) is 5.73 Å². The van der Waals surface area contributed by atoms with Crippen LogP contribution in [0.1, 0.15) is 47.0 Å². The Kier molecular flexibility index (Phi) is 6.96. The quantitative estimate of drug-likeness (QED) is 0.810. The van der Waals surface area contributed by atoms with Crippen molar-refractivity contribution in [2.75, 3.05) is 26.7 Å². The van der Waals surface area contributed by atoms with E-state index in [-0.39, 0.29) is 11.9 Å². The van der Waals surface area contributed by atoms with Crippen LogP contribution in [0.5, 0.6) is 0 Å². The fourth-order valence-corrected chi connectivity index (χ4v) is 2.55. The summed E-state index contributed by atoms with van der Waals surface area (Å²) in [4.78, 5) is 16.6. The Morgan fingerprint density at radius 2 is 1.80 bits per heavy atom. The molecule has 1 heterocycles. The van der Waals surface area contributed by atoms with E-state index in [1.165, 1.54) is 0 Å². The summed E-state index contributed by atoms with van der Waals surface area (Å²) in [7, 11) is 2.18. The Balaban J connectivity index is 2.33. The first-order chi connectivity index (χ1) is 9.31. The van der Waals surface area contributed by atoms with Gasteiger partial charge in [0.2, 0.25) is 5.91 Å². The van der Waals surface area contributed by atoms with Crippen LogP contribution in [0.4, 0.5) is 0 Å². The van der Waals surface area contributed by atoms with E-state index in [1.54, 1.807) is 0 Å². The van der Waals surface area contributed by atoms with E-state index in [0.717, 1.165) is 38.4 Å². The molecule has 0 aromatic carbocycles. The van der Waals surface area contributed by atoms with Crippen LogP contribution in [0.25, 0.3) is 0 Å². The second kappa shape index (κ2) is 7.99. The third-order valence-corrected chi connectivity index (χ3v) is 4.66. The molecule has 4 heteroatoms. The molecule has 1 unspecified atom stereocenters. The van der Waals surface area contributed by atoms with Crippen molar-refractivity contribution in [3.8, 4) is 0 Å². The van der Waals surface area contributed by atoms with Crippen molar-refractivity contribution in [3.63, 3.8) is 0 Å². The highest BCUT2D eigenvalue weighted by Crippen LogP contribution is 2.20. The summed E-state index contributed by atoms with van der Waals surface area (Å²) >= 11 is 0. The number of hydrogen-bond acceptors (Lipinski definition) is 3. The minimum absolute atomic E-state index is 0.00713. The number of likely N-dealkylation sites (tertiary alicyclic amines) is 1. The molecular weight excluding hydrogens is 250 g/mol. The van der Waals surface area contributed by atoms with E-state index in [1.807, 2.05) is 4.90 Å². The molecule has 1 amide bonds. The molecule has 0 radical (unpaired) electrons. The van der Waals surface area contributed by atoms with Gasteiger partial charge in [0.15, 0.2) is 0 Å². The minimum atomic E-state index is -0.00713. The first-order valence-electron chi connectivity index (χ1n) is 8.04. The zero-order chi connectivity index (χ0) is 15.3. The van der Waals surface area contributed by atoms with Gasteiger partial charge in [0.25, 0.3) is 0 Å². The first kappa shape index (κ1) is 17.4. The SMILES string of the molecule is CC(C)C(N)CC(=O)N1CCC(CN(C)C(C)C)CC1. The summed E-state index contributed by atoms with van der Waals surface area (Å²) in [6.07, 6.45) is 2.74. The molecule has 1 saturated heterocycles. The van der Waals surface area contributed by atoms with Crippen LogP contribution in [-0.4, -0.2) is 54.5 Å². The molecule has 20 heavy (non-hydrogen) atoms. The van der Waals surface area contributed by atoms with Gasteiger partial charge in [0.05, 0.1) is 0 Å². The molecule has 0 aromatic rings. The van der Waals surface area contributed by atoms with Crippen molar-refractivity contribution in [3.05, 3.63) is 0 Å². The van der Waals surface area contributed by atoms with E-state index < -0.39 is 0 Å². The zero-order valence-corrected chi connectivity index (χ0v) is 13.9. The number of hydrogen-bond donors (Lipinski definition) is 1. The molecule has 0 aliphatic carbocycles. The summed E-state index contributed by atoms with van der Waals surface area (Å²) in [5, 5.41) is 0. The van der Waals surface area contributed by atoms with Crippen LogP contribution >= 0.6 is 0 Å². The largest absolute Gasteiger partial charge is 0.343 e. The highest BCUT2D eigenvalue weighted by molar-refractivity contribution is 5.76. The van der Waals surface area contributed by atoms with Crippen LogP contribution < -0.4 is 5.73 Å². The van der Waals surface area contributed by atoms with Gasteiger partial charge in [-0.15, -0.1) is 0 Å². The number of nitrogens with two attached hydrogens (primary N) is 1. The lowest BCUT2D eigenvalue weighted by molar-refractivity contribution is -0.133. The Morgan fingerprint density at radius 1 is 1.25 bits per heavy atom. The van der Waals surface area contributed by atoms with Gasteiger partial charge in [0.1, 0.15) is 0 Å². The molecule has 1 atom stereocenters. The van der Waals surface area contributed by atoms with Gasteiger partial charge in [0, 0.05) is 38.1 Å². The summed E-state index contributed by atoms with van der Waals surface area (Å²) in [6, 6.07) is 0.589. The Labute approximate surface area is 124 Å². The molecule has 0 spiro atoms. The molecule has 4 nitrogen and oxygen atoms in total. The number of amides is 1. The standard InChI is InChI=1S/C16H33N3O/c1-12(2)15(17)10-16(20)19-8-6-14(7-9-19)11-18(5)13(3)4/h12-15H,6-11,17H2,1-5H3. The first-order valence-corrected chi connectivity index (χ1v) is 8.04. The molecule has 0 bridgehead atoms. The smallest absolute Gasteiger partial charge is 0.224 e. The molecule has 1 aliphatic rings. The highest BCUT2D eigenvalue weighted by Gasteiger charge is 2.25. The third kappa shape index (κ3) is 5.41. The van der Waals surface area contributed by atoms with Gasteiger partial charge in [-0.2, -0.15) is 0 Å². The van der Waals surface area contributed by atoms with Gasteiger partial charge in [-0.25, -0.2) is 0 Å². The van der Waals surface area contributed by atoms with Crippen LogP contribution in [0.3, 0.4) is 0 Å². The Morgan fingerprint density at radius 3 is 2.25 bits per heavy atom. The van der Waals surface area contributed by atoms with Crippen molar-refractivity contribution in [2.45, 2.75) is 59.0 Å². The van der Waals surface area contributed by atoms with Crippen molar-refractivity contribution in [1.82, 2.24) is 9.80 Å². The monoisotopic (exact) mass is 283 g/mol. The van der Waals surface area contributed by atoms with E-state index in [0.29, 0.717) is 18.4 Å². The van der Waals surface area contributed by atoms with Crippen LogP contribution in [0.2, 0.25) is 0 Å². The second-order valence-corrected chi connectivity index (χ2v) is 6.97. The molecule has 2 N–H and O–H groups in total. The average molecular weight is 283 g/mol. The Bertz CT molecular complexity index is 296. The predicted octanol–water partition coefficient (Wildman–Crippen LogP) is 1.94. The number of rotatable bonds is 6. The fraction of sp³-hybridized carbons (Fsp3) is 0.938. The summed E-state index contributed by atoms with van der Waals surface area (Å²) in [5.74, 6) is 1.34. The lowest BCUT2D eigenvalue weighted by Crippen LogP contribution is -2.44. The van der Waals surface area contributed by atoms with Crippen molar-refractivity contribution in [2.24, 2.45) is 17.6 Å². The number of nitrogens with zero attached hydrogens (tertiary/aromatic N) is 2. The van der Waals surface area contributed by atoms with Gasteiger partial charge < -0.3 is 15.5 Å². The van der Waals surface area contributed by atoms with Gasteiger partial charge in [-0.05, 0) is 45.6 Å². The van der Waals surface area contributed by atoms with Crippen LogP contribution in [0, 0.1) is 11.8 Å². The molecule has 1 rings (SSSR count). The summed E-state index contributed by atoms with van der Waals surface area (Å²) in [5.41, 5.74) is 6.00. The normalized spacial score (nSPS) is 19.1. The maximum absolute atomic E-state index is 12.2. The van der Waals surface area contributed by atoms with Gasteiger partial charge >= 0.3 is 0 Å². The molecule has 1 aliphatic heterocycles. The molecular formula is C16H33N3O. The maximum Gasteiger partial charge on any atom is 0.224 e. The summed E-state index contributed by atoms with van der Waals surface area (Å²) in [6.45, 7) is 11.6. The lowest BCUT2D eigenvalue weighted by Gasteiger charge is -2.35. The van der Waals surface area contributed by atoms with E-state index in [2.05, 4.69) is 39.6 Å². The topological polar surface area (TPSA) is 49.6 Å². The number of carbonyl (C=O) groups excluding carboxylic acids is 1. The van der Waals surface area contributed by atoms with Crippen molar-refractivity contribution >= 4 is 5.91 Å². The third-order valence-electron chi connectivity index (χ3n) is 4.66. The van der Waals surface area contributed by atoms with Crippen LogP contribution in [0.15, 0.2) is 0 Å². The molecule has 0 saturated carbocycles. The van der Waals surface area contributed by atoms with Crippen LogP contribution in [-0.2, 0) is 4.79 Å². The fourth-order valence-electron chi connectivity index (χ4n) is 2.55. The molecule has 118 valence electrons. The average Bonchev–Trinajstić information content (AvgIpc) is 2.39.